The van der Waals surface area contributed by atoms with Crippen molar-refractivity contribution in [3.8, 4) is 0 Å². The van der Waals surface area contributed by atoms with Crippen LogP contribution in [0, 0.1) is 5.92 Å². The number of hydrogen-bond donors (Lipinski definition) is 0. The SMILES string of the molecule is O=C(CCc1ccc(S(=O)(=O)N2CCCCC2)cc1)N1CCC(Cc2ccccc2)CC1. The molecule has 2 aliphatic rings. The lowest BCUT2D eigenvalue weighted by Crippen LogP contribution is -2.39. The van der Waals surface area contributed by atoms with Crippen molar-refractivity contribution in [2.75, 3.05) is 26.2 Å². The van der Waals surface area contributed by atoms with Gasteiger partial charge in [0.05, 0.1) is 4.90 Å². The van der Waals surface area contributed by atoms with Crippen molar-refractivity contribution in [1.82, 2.24) is 9.21 Å². The van der Waals surface area contributed by atoms with E-state index in [-0.39, 0.29) is 5.91 Å². The van der Waals surface area contributed by atoms with Crippen LogP contribution in [0.25, 0.3) is 0 Å². The van der Waals surface area contributed by atoms with Gasteiger partial charge in [0, 0.05) is 32.6 Å². The Hall–Kier alpha value is -2.18. The summed E-state index contributed by atoms with van der Waals surface area (Å²) < 4.78 is 27.1. The van der Waals surface area contributed by atoms with Gasteiger partial charge in [0.25, 0.3) is 0 Å². The molecule has 0 aliphatic carbocycles. The third kappa shape index (κ3) is 5.78. The van der Waals surface area contributed by atoms with Gasteiger partial charge in [0.1, 0.15) is 0 Å². The van der Waals surface area contributed by atoms with Crippen LogP contribution in [-0.4, -0.2) is 49.7 Å². The van der Waals surface area contributed by atoms with Crippen LogP contribution < -0.4 is 0 Å². The van der Waals surface area contributed by atoms with Crippen LogP contribution in [0.3, 0.4) is 0 Å². The van der Waals surface area contributed by atoms with E-state index in [0.717, 1.165) is 57.2 Å². The lowest BCUT2D eigenvalue weighted by atomic mass is 9.90. The van der Waals surface area contributed by atoms with Crippen LogP contribution >= 0.6 is 0 Å². The maximum Gasteiger partial charge on any atom is 0.243 e. The highest BCUT2D eigenvalue weighted by molar-refractivity contribution is 7.89. The summed E-state index contributed by atoms with van der Waals surface area (Å²) in [5.41, 5.74) is 2.39. The Bertz CT molecular complexity index is 975. The highest BCUT2D eigenvalue weighted by Crippen LogP contribution is 2.23. The number of hydrogen-bond acceptors (Lipinski definition) is 3. The first kappa shape index (κ1) is 23.0. The van der Waals surface area contributed by atoms with E-state index >= 15 is 0 Å². The number of benzene rings is 2. The van der Waals surface area contributed by atoms with Gasteiger partial charge in [0.15, 0.2) is 0 Å². The molecule has 5 nitrogen and oxygen atoms in total. The fraction of sp³-hybridized carbons (Fsp3) is 0.500. The molecule has 6 heteroatoms. The largest absolute Gasteiger partial charge is 0.343 e. The molecule has 0 saturated carbocycles. The minimum absolute atomic E-state index is 0.202. The first-order valence-electron chi connectivity index (χ1n) is 11.9. The van der Waals surface area contributed by atoms with Gasteiger partial charge in [-0.2, -0.15) is 4.31 Å². The van der Waals surface area contributed by atoms with E-state index in [1.807, 2.05) is 23.1 Å². The molecule has 0 aromatic heterocycles. The molecule has 0 unspecified atom stereocenters. The number of aryl methyl sites for hydroxylation is 1. The Morgan fingerprint density at radius 2 is 1.47 bits per heavy atom. The van der Waals surface area contributed by atoms with Gasteiger partial charge in [-0.1, -0.05) is 48.9 Å². The molecule has 1 amide bonds. The molecular formula is C26H34N2O3S. The quantitative estimate of drug-likeness (QED) is 0.628. The third-order valence-corrected chi connectivity index (χ3v) is 8.75. The zero-order valence-corrected chi connectivity index (χ0v) is 19.6. The summed E-state index contributed by atoms with van der Waals surface area (Å²) in [7, 11) is -3.40. The number of rotatable bonds is 7. The van der Waals surface area contributed by atoms with Crippen molar-refractivity contribution in [3.05, 3.63) is 65.7 Å². The molecule has 2 aromatic carbocycles. The highest BCUT2D eigenvalue weighted by atomic mass is 32.2. The molecule has 32 heavy (non-hydrogen) atoms. The van der Waals surface area contributed by atoms with E-state index in [4.69, 9.17) is 0 Å². The molecule has 2 aliphatic heterocycles. The lowest BCUT2D eigenvalue weighted by molar-refractivity contribution is -0.132. The van der Waals surface area contributed by atoms with Crippen LogP contribution in [0.15, 0.2) is 59.5 Å². The van der Waals surface area contributed by atoms with Crippen LogP contribution in [0.4, 0.5) is 0 Å². The van der Waals surface area contributed by atoms with Gasteiger partial charge in [-0.05, 0) is 67.7 Å². The molecule has 2 saturated heterocycles. The smallest absolute Gasteiger partial charge is 0.243 e. The monoisotopic (exact) mass is 454 g/mol. The van der Waals surface area contributed by atoms with Crippen LogP contribution in [-0.2, 0) is 27.7 Å². The number of amides is 1. The molecule has 0 bridgehead atoms. The zero-order chi connectivity index (χ0) is 22.4. The molecule has 0 spiro atoms. The zero-order valence-electron chi connectivity index (χ0n) is 18.8. The molecular weight excluding hydrogens is 420 g/mol. The van der Waals surface area contributed by atoms with Crippen molar-refractivity contribution in [1.29, 1.82) is 0 Å². The molecule has 0 atom stereocenters. The van der Waals surface area contributed by atoms with Crippen LogP contribution in [0.5, 0.6) is 0 Å². The predicted molar refractivity (Wildman–Crippen MR) is 127 cm³/mol. The van der Waals surface area contributed by atoms with E-state index in [1.54, 1.807) is 16.4 Å². The molecule has 4 rings (SSSR count). The Balaban J connectivity index is 1.24. The fourth-order valence-corrected chi connectivity index (χ4v) is 6.34. The minimum Gasteiger partial charge on any atom is -0.343 e. The Morgan fingerprint density at radius 1 is 0.812 bits per heavy atom. The predicted octanol–water partition coefficient (Wildman–Crippen LogP) is 4.28. The number of likely N-dealkylation sites (tertiary alicyclic amines) is 1. The maximum atomic E-state index is 12.8. The Kier molecular flexibility index (Phi) is 7.63. The number of carbonyl (C=O) groups is 1. The van der Waals surface area contributed by atoms with E-state index in [9.17, 15) is 13.2 Å². The molecule has 172 valence electrons. The van der Waals surface area contributed by atoms with Gasteiger partial charge in [-0.25, -0.2) is 8.42 Å². The van der Waals surface area contributed by atoms with E-state index in [2.05, 4.69) is 24.3 Å². The highest BCUT2D eigenvalue weighted by Gasteiger charge is 2.26. The molecule has 0 N–H and O–H groups in total. The minimum atomic E-state index is -3.40. The third-order valence-electron chi connectivity index (χ3n) is 6.84. The molecule has 0 radical (unpaired) electrons. The standard InChI is InChI=1S/C26H34N2O3S/c29-26(27-19-15-24(16-20-27)21-23-7-3-1-4-8-23)14-11-22-9-12-25(13-10-22)32(30,31)28-17-5-2-6-18-28/h1,3-4,7-10,12-13,24H,2,5-6,11,14-21H2. The second kappa shape index (κ2) is 10.6. The van der Waals surface area contributed by atoms with E-state index in [1.165, 1.54) is 5.56 Å². The van der Waals surface area contributed by atoms with Crippen molar-refractivity contribution in [2.24, 2.45) is 5.92 Å². The number of sulfonamides is 1. The van der Waals surface area contributed by atoms with Crippen molar-refractivity contribution >= 4 is 15.9 Å². The average Bonchev–Trinajstić information content (AvgIpc) is 2.84. The number of nitrogens with zero attached hydrogens (tertiary/aromatic N) is 2. The van der Waals surface area contributed by atoms with Crippen molar-refractivity contribution in [2.45, 2.75) is 56.3 Å². The normalized spacial score (nSPS) is 18.6. The maximum absolute atomic E-state index is 12.8. The second-order valence-corrected chi connectivity index (χ2v) is 11.1. The first-order valence-corrected chi connectivity index (χ1v) is 13.4. The van der Waals surface area contributed by atoms with Gasteiger partial charge in [-0.3, -0.25) is 4.79 Å². The molecule has 2 aromatic rings. The Morgan fingerprint density at radius 3 is 2.12 bits per heavy atom. The van der Waals surface area contributed by atoms with Gasteiger partial charge >= 0.3 is 0 Å². The van der Waals surface area contributed by atoms with Gasteiger partial charge < -0.3 is 4.90 Å². The summed E-state index contributed by atoms with van der Waals surface area (Å²) in [5, 5.41) is 0. The van der Waals surface area contributed by atoms with Crippen molar-refractivity contribution in [3.63, 3.8) is 0 Å². The Labute approximate surface area is 192 Å². The fourth-order valence-electron chi connectivity index (χ4n) is 4.83. The number of piperidine rings is 2. The van der Waals surface area contributed by atoms with E-state index in [0.29, 0.717) is 36.7 Å². The lowest BCUT2D eigenvalue weighted by Gasteiger charge is -2.32. The number of carbonyl (C=O) groups excluding carboxylic acids is 1. The summed E-state index contributed by atoms with van der Waals surface area (Å²) in [5.74, 6) is 0.851. The first-order chi connectivity index (χ1) is 15.5. The van der Waals surface area contributed by atoms with Gasteiger partial charge in [-0.15, -0.1) is 0 Å². The van der Waals surface area contributed by atoms with Gasteiger partial charge in [0.2, 0.25) is 15.9 Å². The summed E-state index contributed by atoms with van der Waals surface area (Å²) in [4.78, 5) is 15.0. The molecule has 2 heterocycles. The summed E-state index contributed by atoms with van der Waals surface area (Å²) >= 11 is 0. The van der Waals surface area contributed by atoms with Crippen LogP contribution in [0.1, 0.15) is 49.7 Å². The summed E-state index contributed by atoms with van der Waals surface area (Å²) in [6.07, 6.45) is 7.30. The topological polar surface area (TPSA) is 57.7 Å². The average molecular weight is 455 g/mol. The second-order valence-electron chi connectivity index (χ2n) is 9.12. The van der Waals surface area contributed by atoms with Crippen molar-refractivity contribution < 1.29 is 13.2 Å². The van der Waals surface area contributed by atoms with Crippen LogP contribution in [0.2, 0.25) is 0 Å². The van der Waals surface area contributed by atoms with E-state index < -0.39 is 10.0 Å². The summed E-state index contributed by atoms with van der Waals surface area (Å²) in [6.45, 7) is 2.90. The molecule has 2 fully saturated rings. The summed E-state index contributed by atoms with van der Waals surface area (Å²) in [6, 6.07) is 17.7.